The monoisotopic (exact) mass is 373 g/mol. The van der Waals surface area contributed by atoms with Crippen LogP contribution >= 0.6 is 11.8 Å². The van der Waals surface area contributed by atoms with E-state index < -0.39 is 0 Å². The molecule has 0 fully saturated rings. The van der Waals surface area contributed by atoms with Crippen LogP contribution in [-0.2, 0) is 12.8 Å². The van der Waals surface area contributed by atoms with E-state index in [1.165, 1.54) is 17.8 Å². The third kappa shape index (κ3) is 3.99. The maximum atomic E-state index is 13.8. The van der Waals surface area contributed by atoms with Crippen molar-refractivity contribution in [2.45, 2.75) is 23.9 Å². The van der Waals surface area contributed by atoms with Gasteiger partial charge in [0.1, 0.15) is 5.82 Å². The topological polar surface area (TPSA) is 49.2 Å². The molecule has 2 aromatic carbocycles. The molecular formula is C19H20FN3O2S. The molecule has 0 aliphatic rings. The molecule has 1 atom stereocenters. The quantitative estimate of drug-likeness (QED) is 0.575. The van der Waals surface area contributed by atoms with Gasteiger partial charge in [0.2, 0.25) is 0 Å². The number of ether oxygens (including phenoxy) is 2. The first-order chi connectivity index (χ1) is 12.6. The van der Waals surface area contributed by atoms with E-state index >= 15 is 0 Å². The minimum atomic E-state index is -0.313. The third-order valence-electron chi connectivity index (χ3n) is 3.92. The van der Waals surface area contributed by atoms with Gasteiger partial charge in [0.05, 0.1) is 7.11 Å². The summed E-state index contributed by atoms with van der Waals surface area (Å²) in [5.41, 5.74) is 0.639. The molecule has 0 saturated carbocycles. The lowest BCUT2D eigenvalue weighted by Crippen LogP contribution is -2.10. The zero-order valence-electron chi connectivity index (χ0n) is 14.8. The van der Waals surface area contributed by atoms with Crippen molar-refractivity contribution >= 4 is 11.8 Å². The van der Waals surface area contributed by atoms with Crippen LogP contribution < -0.4 is 9.47 Å². The maximum Gasteiger partial charge on any atom is 0.191 e. The van der Waals surface area contributed by atoms with Crippen LogP contribution in [0.3, 0.4) is 0 Å². The van der Waals surface area contributed by atoms with Crippen molar-refractivity contribution in [1.82, 2.24) is 14.8 Å². The standard InChI is InChI=1S/C19H20FN3O2S/c1-13(25-17-11-7-6-10-16(17)24-3)18-21-22-19(23(18)2)26-12-14-8-4-5-9-15(14)20/h4-11,13H,12H2,1-3H3. The van der Waals surface area contributed by atoms with E-state index in [4.69, 9.17) is 9.47 Å². The number of halogens is 1. The van der Waals surface area contributed by atoms with Gasteiger partial charge < -0.3 is 14.0 Å². The fourth-order valence-corrected chi connectivity index (χ4v) is 3.43. The number of rotatable bonds is 7. The van der Waals surface area contributed by atoms with Gasteiger partial charge in [-0.15, -0.1) is 10.2 Å². The number of para-hydroxylation sites is 2. The summed E-state index contributed by atoms with van der Waals surface area (Å²) in [6.45, 7) is 1.90. The fraction of sp³-hybridized carbons (Fsp3) is 0.263. The summed E-state index contributed by atoms with van der Waals surface area (Å²) in [6.07, 6.45) is -0.313. The highest BCUT2D eigenvalue weighted by atomic mass is 32.2. The lowest BCUT2D eigenvalue weighted by Gasteiger charge is -2.16. The summed E-state index contributed by atoms with van der Waals surface area (Å²) in [4.78, 5) is 0. The largest absolute Gasteiger partial charge is 0.493 e. The zero-order chi connectivity index (χ0) is 18.5. The smallest absolute Gasteiger partial charge is 0.191 e. The highest BCUT2D eigenvalue weighted by Gasteiger charge is 2.19. The number of thioether (sulfide) groups is 1. The molecule has 136 valence electrons. The molecule has 0 N–H and O–H groups in total. The van der Waals surface area contributed by atoms with E-state index in [1.54, 1.807) is 19.2 Å². The number of nitrogens with zero attached hydrogens (tertiary/aromatic N) is 3. The van der Waals surface area contributed by atoms with Crippen LogP contribution in [0, 0.1) is 5.82 Å². The van der Waals surface area contributed by atoms with E-state index in [2.05, 4.69) is 10.2 Å². The van der Waals surface area contributed by atoms with Crippen molar-refractivity contribution in [3.05, 3.63) is 65.7 Å². The Bertz CT molecular complexity index is 885. The highest BCUT2D eigenvalue weighted by molar-refractivity contribution is 7.98. The Hall–Kier alpha value is -2.54. The van der Waals surface area contributed by atoms with E-state index in [9.17, 15) is 4.39 Å². The predicted molar refractivity (Wildman–Crippen MR) is 99.0 cm³/mol. The van der Waals surface area contributed by atoms with E-state index in [-0.39, 0.29) is 11.9 Å². The molecule has 3 aromatic rings. The summed E-state index contributed by atoms with van der Waals surface area (Å²) >= 11 is 1.44. The van der Waals surface area contributed by atoms with Gasteiger partial charge in [-0.05, 0) is 30.7 Å². The zero-order valence-corrected chi connectivity index (χ0v) is 15.7. The minimum Gasteiger partial charge on any atom is -0.493 e. The Morgan fingerprint density at radius 3 is 2.50 bits per heavy atom. The van der Waals surface area contributed by atoms with Gasteiger partial charge in [-0.3, -0.25) is 0 Å². The molecule has 1 unspecified atom stereocenters. The van der Waals surface area contributed by atoms with Crippen molar-refractivity contribution in [3.63, 3.8) is 0 Å². The number of hydrogen-bond donors (Lipinski definition) is 0. The van der Waals surface area contributed by atoms with E-state index in [1.807, 2.05) is 48.9 Å². The average Bonchev–Trinajstić information content (AvgIpc) is 3.02. The molecule has 26 heavy (non-hydrogen) atoms. The molecule has 0 spiro atoms. The predicted octanol–water partition coefficient (Wildman–Crippen LogP) is 4.40. The molecule has 7 heteroatoms. The van der Waals surface area contributed by atoms with Crippen LogP contribution in [-0.4, -0.2) is 21.9 Å². The highest BCUT2D eigenvalue weighted by Crippen LogP contribution is 2.31. The number of aromatic nitrogens is 3. The summed E-state index contributed by atoms with van der Waals surface area (Å²) in [5, 5.41) is 9.15. The molecule has 0 radical (unpaired) electrons. The molecule has 0 aliphatic heterocycles. The lowest BCUT2D eigenvalue weighted by molar-refractivity contribution is 0.202. The van der Waals surface area contributed by atoms with Crippen molar-refractivity contribution in [2.24, 2.45) is 7.05 Å². The molecule has 0 bridgehead atoms. The van der Waals surface area contributed by atoms with Gasteiger partial charge in [0.25, 0.3) is 0 Å². The van der Waals surface area contributed by atoms with Crippen molar-refractivity contribution in [2.75, 3.05) is 7.11 Å². The second kappa shape index (κ2) is 8.23. The number of methoxy groups -OCH3 is 1. The molecule has 0 amide bonds. The van der Waals surface area contributed by atoms with Gasteiger partial charge in [-0.2, -0.15) is 0 Å². The van der Waals surface area contributed by atoms with Gasteiger partial charge in [-0.1, -0.05) is 42.1 Å². The van der Waals surface area contributed by atoms with Crippen LogP contribution in [0.4, 0.5) is 4.39 Å². The van der Waals surface area contributed by atoms with Crippen molar-refractivity contribution in [1.29, 1.82) is 0 Å². The molecule has 3 rings (SSSR count). The molecule has 5 nitrogen and oxygen atoms in total. The van der Waals surface area contributed by atoms with Gasteiger partial charge in [0.15, 0.2) is 28.6 Å². The van der Waals surface area contributed by atoms with Crippen LogP contribution in [0.5, 0.6) is 11.5 Å². The number of hydrogen-bond acceptors (Lipinski definition) is 5. The average molecular weight is 373 g/mol. The van der Waals surface area contributed by atoms with Gasteiger partial charge in [-0.25, -0.2) is 4.39 Å². The molecule has 1 aromatic heterocycles. The molecule has 0 aliphatic carbocycles. The van der Waals surface area contributed by atoms with Crippen molar-refractivity contribution < 1.29 is 13.9 Å². The van der Waals surface area contributed by atoms with Gasteiger partial charge >= 0.3 is 0 Å². The normalized spacial score (nSPS) is 12.0. The first-order valence-electron chi connectivity index (χ1n) is 8.15. The Morgan fingerprint density at radius 1 is 1.08 bits per heavy atom. The molecular weight excluding hydrogens is 353 g/mol. The minimum absolute atomic E-state index is 0.213. The van der Waals surface area contributed by atoms with Gasteiger partial charge in [0, 0.05) is 12.8 Å². The second-order valence-corrected chi connectivity index (χ2v) is 6.63. The van der Waals surface area contributed by atoms with Crippen LogP contribution in [0.15, 0.2) is 53.7 Å². The Morgan fingerprint density at radius 2 is 1.77 bits per heavy atom. The van der Waals surface area contributed by atoms with E-state index in [0.717, 1.165) is 0 Å². The van der Waals surface area contributed by atoms with Crippen LogP contribution in [0.1, 0.15) is 24.4 Å². The second-order valence-electron chi connectivity index (χ2n) is 5.69. The van der Waals surface area contributed by atoms with E-state index in [0.29, 0.717) is 33.8 Å². The third-order valence-corrected chi connectivity index (χ3v) is 4.99. The summed E-state index contributed by atoms with van der Waals surface area (Å²) in [7, 11) is 3.48. The Balaban J connectivity index is 1.71. The Kier molecular flexibility index (Phi) is 5.78. The summed E-state index contributed by atoms with van der Waals surface area (Å²) in [6, 6.07) is 14.2. The summed E-state index contributed by atoms with van der Waals surface area (Å²) in [5.74, 6) is 2.27. The molecule has 1 heterocycles. The maximum absolute atomic E-state index is 13.8. The van der Waals surface area contributed by atoms with Crippen LogP contribution in [0.25, 0.3) is 0 Å². The van der Waals surface area contributed by atoms with Crippen molar-refractivity contribution in [3.8, 4) is 11.5 Å². The first-order valence-corrected chi connectivity index (χ1v) is 9.14. The van der Waals surface area contributed by atoms with Crippen LogP contribution in [0.2, 0.25) is 0 Å². The fourth-order valence-electron chi connectivity index (χ4n) is 2.52. The summed E-state index contributed by atoms with van der Waals surface area (Å²) < 4.78 is 26.9. The Labute approximate surface area is 156 Å². The number of benzene rings is 2. The lowest BCUT2D eigenvalue weighted by atomic mass is 10.2. The molecule has 0 saturated heterocycles. The first kappa shape index (κ1) is 18.3. The SMILES string of the molecule is COc1ccccc1OC(C)c1nnc(SCc2ccccc2F)n1C.